The van der Waals surface area contributed by atoms with E-state index in [1.165, 1.54) is 11.6 Å². The number of hydrogen-bond donors (Lipinski definition) is 2. The normalized spacial score (nSPS) is 15.7. The van der Waals surface area contributed by atoms with Crippen molar-refractivity contribution in [2.24, 2.45) is 0 Å². The second-order valence-electron chi connectivity index (χ2n) is 7.99. The third-order valence-electron chi connectivity index (χ3n) is 5.83. The second kappa shape index (κ2) is 8.74. The molecule has 0 fully saturated rings. The number of aromatic nitrogens is 5. The first-order valence-electron chi connectivity index (χ1n) is 10.7. The van der Waals surface area contributed by atoms with Crippen molar-refractivity contribution in [3.05, 3.63) is 89.4 Å². The Kier molecular flexibility index (Phi) is 5.49. The molecule has 3 heterocycles. The van der Waals surface area contributed by atoms with E-state index in [4.69, 9.17) is 0 Å². The van der Waals surface area contributed by atoms with Gasteiger partial charge in [-0.05, 0) is 36.6 Å². The number of carbonyl (C=O) groups is 1. The summed E-state index contributed by atoms with van der Waals surface area (Å²) in [6.07, 6.45) is 3.05. The zero-order valence-electron chi connectivity index (χ0n) is 17.5. The highest BCUT2D eigenvalue weighted by molar-refractivity contribution is 5.93. The van der Waals surface area contributed by atoms with Crippen LogP contribution in [0.5, 0.6) is 0 Å². The maximum absolute atomic E-state index is 14.0. The van der Waals surface area contributed by atoms with E-state index in [9.17, 15) is 9.18 Å². The number of hydrogen-bond acceptors (Lipinski definition) is 4. The largest absolute Gasteiger partial charge is 0.348 e. The molecule has 2 aromatic carbocycles. The molecule has 1 unspecified atom stereocenters. The van der Waals surface area contributed by atoms with Gasteiger partial charge in [-0.3, -0.25) is 9.89 Å². The van der Waals surface area contributed by atoms with Gasteiger partial charge in [0.05, 0.1) is 5.69 Å². The molecule has 7 nitrogen and oxygen atoms in total. The third-order valence-corrected chi connectivity index (χ3v) is 5.83. The number of carbonyl (C=O) groups excluding carboxylic acids is 1. The molecule has 0 bridgehead atoms. The fourth-order valence-corrected chi connectivity index (χ4v) is 4.11. The van der Waals surface area contributed by atoms with Gasteiger partial charge in [-0.1, -0.05) is 42.5 Å². The molecule has 1 atom stereocenters. The predicted molar refractivity (Wildman–Crippen MR) is 117 cm³/mol. The lowest BCUT2D eigenvalue weighted by atomic mass is 10.1. The number of benzene rings is 2. The highest BCUT2D eigenvalue weighted by Gasteiger charge is 2.23. The van der Waals surface area contributed by atoms with Crippen LogP contribution in [0.2, 0.25) is 0 Å². The molecule has 2 aromatic heterocycles. The van der Waals surface area contributed by atoms with Crippen molar-refractivity contribution >= 4 is 5.91 Å². The van der Waals surface area contributed by atoms with E-state index >= 15 is 0 Å². The van der Waals surface area contributed by atoms with Crippen molar-refractivity contribution in [1.82, 2.24) is 30.3 Å². The van der Waals surface area contributed by atoms with Gasteiger partial charge in [0.25, 0.3) is 5.91 Å². The van der Waals surface area contributed by atoms with Gasteiger partial charge in [-0.25, -0.2) is 4.39 Å². The highest BCUT2D eigenvalue weighted by atomic mass is 19.1. The molecule has 162 valence electrons. The van der Waals surface area contributed by atoms with E-state index < -0.39 is 0 Å². The van der Waals surface area contributed by atoms with E-state index in [1.54, 1.807) is 24.3 Å². The standard InChI is InChI=1S/C24H23FN6O/c25-19-9-5-4-8-18(19)20-15-21(28-27-20)24(32)26-17-10-11-22-29-30-23(31(22)13-12-17)14-16-6-2-1-3-7-16/h1-9,15,17H,10-14H2,(H,26,32)(H,27,28). The lowest BCUT2D eigenvalue weighted by Gasteiger charge is -2.15. The zero-order valence-corrected chi connectivity index (χ0v) is 17.5. The lowest BCUT2D eigenvalue weighted by Crippen LogP contribution is -2.35. The minimum Gasteiger partial charge on any atom is -0.348 e. The van der Waals surface area contributed by atoms with Crippen molar-refractivity contribution in [1.29, 1.82) is 0 Å². The SMILES string of the molecule is O=C(NC1CCc2nnc(Cc3ccccc3)n2CC1)c1cc(-c2ccccc2F)n[nH]1. The number of nitrogens with zero attached hydrogens (tertiary/aromatic N) is 4. The van der Waals surface area contributed by atoms with Gasteiger partial charge < -0.3 is 9.88 Å². The smallest absolute Gasteiger partial charge is 0.269 e. The number of amides is 1. The van der Waals surface area contributed by atoms with Gasteiger partial charge >= 0.3 is 0 Å². The summed E-state index contributed by atoms with van der Waals surface area (Å²) in [6, 6.07) is 18.2. The Bertz CT molecular complexity index is 1230. The summed E-state index contributed by atoms with van der Waals surface area (Å²) in [5.41, 5.74) is 2.28. The minimum absolute atomic E-state index is 0.00832. The molecule has 0 aliphatic carbocycles. The molecule has 8 heteroatoms. The first kappa shape index (κ1) is 20.1. The van der Waals surface area contributed by atoms with Crippen molar-refractivity contribution in [2.45, 2.75) is 38.3 Å². The quantitative estimate of drug-likeness (QED) is 0.507. The summed E-state index contributed by atoms with van der Waals surface area (Å²) in [5.74, 6) is 1.29. The monoisotopic (exact) mass is 430 g/mol. The van der Waals surface area contributed by atoms with Crippen LogP contribution in [0.4, 0.5) is 4.39 Å². The van der Waals surface area contributed by atoms with Gasteiger partial charge in [-0.15, -0.1) is 10.2 Å². The van der Waals surface area contributed by atoms with Crippen LogP contribution >= 0.6 is 0 Å². The van der Waals surface area contributed by atoms with Crippen LogP contribution in [0.25, 0.3) is 11.3 Å². The Labute approximate surface area is 184 Å². The van der Waals surface area contributed by atoms with Crippen LogP contribution in [0.1, 0.15) is 40.5 Å². The number of rotatable bonds is 5. The van der Waals surface area contributed by atoms with E-state index in [-0.39, 0.29) is 17.8 Å². The van der Waals surface area contributed by atoms with Gasteiger partial charge in [0.15, 0.2) is 0 Å². The molecule has 2 N–H and O–H groups in total. The first-order chi connectivity index (χ1) is 15.7. The summed E-state index contributed by atoms with van der Waals surface area (Å²) in [4.78, 5) is 12.8. The third kappa shape index (κ3) is 4.16. The summed E-state index contributed by atoms with van der Waals surface area (Å²) in [6.45, 7) is 0.749. The maximum Gasteiger partial charge on any atom is 0.269 e. The summed E-state index contributed by atoms with van der Waals surface area (Å²) in [5, 5.41) is 18.7. The average Bonchev–Trinajstić information content (AvgIpc) is 3.39. The second-order valence-corrected chi connectivity index (χ2v) is 7.99. The Balaban J connectivity index is 1.24. The molecule has 1 aliphatic rings. The van der Waals surface area contributed by atoms with Crippen molar-refractivity contribution < 1.29 is 9.18 Å². The first-order valence-corrected chi connectivity index (χ1v) is 10.7. The zero-order chi connectivity index (χ0) is 21.9. The van der Waals surface area contributed by atoms with Crippen LogP contribution in [0, 0.1) is 5.82 Å². The Morgan fingerprint density at radius 3 is 2.75 bits per heavy atom. The van der Waals surface area contributed by atoms with Crippen LogP contribution in [0.15, 0.2) is 60.7 Å². The fourth-order valence-electron chi connectivity index (χ4n) is 4.11. The van der Waals surface area contributed by atoms with Crippen molar-refractivity contribution in [2.75, 3.05) is 0 Å². The molecule has 0 saturated carbocycles. The number of halogens is 1. The van der Waals surface area contributed by atoms with E-state index in [2.05, 4.69) is 42.4 Å². The van der Waals surface area contributed by atoms with Gasteiger partial charge in [0, 0.05) is 31.0 Å². The van der Waals surface area contributed by atoms with Crippen LogP contribution < -0.4 is 5.32 Å². The molecule has 5 rings (SSSR count). The van der Waals surface area contributed by atoms with Gasteiger partial charge in [0.2, 0.25) is 0 Å². The molecule has 1 amide bonds. The highest BCUT2D eigenvalue weighted by Crippen LogP contribution is 2.22. The topological polar surface area (TPSA) is 88.5 Å². The van der Waals surface area contributed by atoms with Crippen molar-refractivity contribution in [3.63, 3.8) is 0 Å². The Morgan fingerprint density at radius 1 is 1.09 bits per heavy atom. The van der Waals surface area contributed by atoms with Crippen molar-refractivity contribution in [3.8, 4) is 11.3 Å². The molecule has 4 aromatic rings. The number of aromatic amines is 1. The van der Waals surface area contributed by atoms with Crippen LogP contribution in [-0.4, -0.2) is 36.9 Å². The molecule has 32 heavy (non-hydrogen) atoms. The molecular formula is C24H23FN6O. The molecule has 1 aliphatic heterocycles. The molecule has 0 spiro atoms. The van der Waals surface area contributed by atoms with E-state index in [0.29, 0.717) is 17.0 Å². The molecule has 0 saturated heterocycles. The van der Waals surface area contributed by atoms with E-state index in [1.807, 2.05) is 18.2 Å². The number of fused-ring (bicyclic) bond motifs is 1. The minimum atomic E-state index is -0.371. The number of aryl methyl sites for hydroxylation is 1. The Morgan fingerprint density at radius 2 is 1.91 bits per heavy atom. The maximum atomic E-state index is 14.0. The van der Waals surface area contributed by atoms with Crippen LogP contribution in [0.3, 0.4) is 0 Å². The summed E-state index contributed by atoms with van der Waals surface area (Å²) >= 11 is 0. The summed E-state index contributed by atoms with van der Waals surface area (Å²) in [7, 11) is 0. The number of H-pyrrole nitrogens is 1. The van der Waals surface area contributed by atoms with Gasteiger partial charge in [0.1, 0.15) is 23.2 Å². The number of nitrogens with one attached hydrogen (secondary N) is 2. The molecular weight excluding hydrogens is 407 g/mol. The predicted octanol–water partition coefficient (Wildman–Crippen LogP) is 3.53. The van der Waals surface area contributed by atoms with Crippen LogP contribution in [-0.2, 0) is 19.4 Å². The Hall–Kier alpha value is -3.81. The molecule has 0 radical (unpaired) electrons. The average molecular weight is 430 g/mol. The van der Waals surface area contributed by atoms with E-state index in [0.717, 1.165) is 43.9 Å². The summed E-state index contributed by atoms with van der Waals surface area (Å²) < 4.78 is 16.2. The lowest BCUT2D eigenvalue weighted by molar-refractivity contribution is 0.0928. The fraction of sp³-hybridized carbons (Fsp3) is 0.250. The van der Waals surface area contributed by atoms with Gasteiger partial charge in [-0.2, -0.15) is 5.10 Å².